The van der Waals surface area contributed by atoms with Crippen molar-refractivity contribution in [3.05, 3.63) is 65.0 Å². The van der Waals surface area contributed by atoms with Gasteiger partial charge < -0.3 is 29.9 Å². The maximum absolute atomic E-state index is 14.5. The van der Waals surface area contributed by atoms with Crippen LogP contribution in [-0.2, 0) is 16.8 Å². The minimum atomic E-state index is -1.51. The molecule has 0 aliphatic carbocycles. The maximum atomic E-state index is 14.5. The molecule has 0 spiro atoms. The highest BCUT2D eigenvalue weighted by Crippen LogP contribution is 2.39. The third-order valence-corrected chi connectivity index (χ3v) is 5.44. The van der Waals surface area contributed by atoms with Gasteiger partial charge in [0.1, 0.15) is 41.6 Å². The number of ether oxygens (including phenoxy) is 2. The monoisotopic (exact) mass is 406 g/mol. The van der Waals surface area contributed by atoms with Crippen LogP contribution in [0.4, 0.5) is 4.39 Å². The molecule has 4 N–H and O–H groups in total. The highest BCUT2D eigenvalue weighted by Gasteiger charge is 2.51. The van der Waals surface area contributed by atoms with Crippen LogP contribution in [0.3, 0.4) is 0 Å². The Hall–Kier alpha value is -2.03. The van der Waals surface area contributed by atoms with Gasteiger partial charge in [-0.05, 0) is 54.8 Å². The molecule has 0 amide bonds. The van der Waals surface area contributed by atoms with Crippen LogP contribution < -0.4 is 4.74 Å². The highest BCUT2D eigenvalue weighted by molar-refractivity contribution is 5.36. The van der Waals surface area contributed by atoms with Gasteiger partial charge in [0.05, 0.1) is 13.2 Å². The predicted molar refractivity (Wildman–Crippen MR) is 104 cm³/mol. The normalized spacial score (nSPS) is 29.6. The molecule has 1 fully saturated rings. The smallest absolute Gasteiger partial charge is 0.126 e. The van der Waals surface area contributed by atoms with E-state index in [1.54, 1.807) is 13.0 Å². The van der Waals surface area contributed by atoms with Gasteiger partial charge in [-0.15, -0.1) is 0 Å². The fraction of sp³-hybridized carbons (Fsp3) is 0.455. The fourth-order valence-electron chi connectivity index (χ4n) is 3.68. The van der Waals surface area contributed by atoms with E-state index in [9.17, 15) is 24.8 Å². The SMILES string of the molecule is CCOc1ccc(Cc2cc([C@]3(C)O[C@H](CO)[C@@H](O)[C@H](O)[C@H]3O)ccc2F)cc1. The molecule has 5 atom stereocenters. The average Bonchev–Trinajstić information content (AvgIpc) is 2.72. The van der Waals surface area contributed by atoms with Gasteiger partial charge in [-0.25, -0.2) is 4.39 Å². The first-order chi connectivity index (χ1) is 13.8. The molecule has 2 aromatic rings. The Bertz CT molecular complexity index is 825. The second kappa shape index (κ2) is 8.77. The number of hydrogen-bond donors (Lipinski definition) is 4. The molecule has 158 valence electrons. The standard InChI is InChI=1S/C22H27FO6/c1-3-28-16-7-4-13(5-8-16)10-14-11-15(6-9-17(14)23)22(2)21(27)20(26)19(25)18(12-24)29-22/h4-9,11,18-21,24-27H,3,10,12H2,1-2H3/t18-,19-,20+,21-,22+/m1/s1. The van der Waals surface area contributed by atoms with Crippen molar-refractivity contribution in [3.63, 3.8) is 0 Å². The summed E-state index contributed by atoms with van der Waals surface area (Å²) < 4.78 is 25.6. The molecule has 0 saturated carbocycles. The number of benzene rings is 2. The van der Waals surface area contributed by atoms with Gasteiger partial charge in [0, 0.05) is 6.42 Å². The Balaban J connectivity index is 1.89. The molecule has 29 heavy (non-hydrogen) atoms. The van der Waals surface area contributed by atoms with Gasteiger partial charge in [0.15, 0.2) is 0 Å². The fourth-order valence-corrected chi connectivity index (χ4v) is 3.68. The molecular formula is C22H27FO6. The number of aliphatic hydroxyl groups excluding tert-OH is 4. The second-order valence-corrected chi connectivity index (χ2v) is 7.43. The van der Waals surface area contributed by atoms with Gasteiger partial charge in [0.25, 0.3) is 0 Å². The van der Waals surface area contributed by atoms with E-state index in [0.29, 0.717) is 24.2 Å². The van der Waals surface area contributed by atoms with E-state index < -0.39 is 42.4 Å². The summed E-state index contributed by atoms with van der Waals surface area (Å²) in [7, 11) is 0. The topological polar surface area (TPSA) is 99.4 Å². The van der Waals surface area contributed by atoms with E-state index in [2.05, 4.69) is 0 Å². The van der Waals surface area contributed by atoms with Crippen LogP contribution in [-0.4, -0.2) is 58.1 Å². The summed E-state index contributed by atoms with van der Waals surface area (Å²) in [5, 5.41) is 40.2. The molecule has 7 heteroatoms. The summed E-state index contributed by atoms with van der Waals surface area (Å²) in [6.45, 7) is 3.48. The summed E-state index contributed by atoms with van der Waals surface area (Å²) in [4.78, 5) is 0. The lowest BCUT2D eigenvalue weighted by atomic mass is 9.80. The Morgan fingerprint density at radius 2 is 1.76 bits per heavy atom. The lowest BCUT2D eigenvalue weighted by Crippen LogP contribution is -2.62. The average molecular weight is 406 g/mol. The van der Waals surface area contributed by atoms with E-state index in [-0.39, 0.29) is 0 Å². The third kappa shape index (κ3) is 4.29. The van der Waals surface area contributed by atoms with Crippen molar-refractivity contribution in [2.75, 3.05) is 13.2 Å². The molecule has 1 aliphatic heterocycles. The molecule has 0 unspecified atom stereocenters. The largest absolute Gasteiger partial charge is 0.494 e. The van der Waals surface area contributed by atoms with Gasteiger partial charge in [-0.3, -0.25) is 0 Å². The molecule has 1 aliphatic rings. The Kier molecular flexibility index (Phi) is 6.55. The van der Waals surface area contributed by atoms with Crippen LogP contribution >= 0.6 is 0 Å². The number of hydrogen-bond acceptors (Lipinski definition) is 6. The first-order valence-electron chi connectivity index (χ1n) is 9.63. The van der Waals surface area contributed by atoms with Gasteiger partial charge in [-0.2, -0.15) is 0 Å². The number of rotatable bonds is 6. The first-order valence-corrected chi connectivity index (χ1v) is 9.63. The van der Waals surface area contributed by atoms with E-state index >= 15 is 0 Å². The zero-order chi connectivity index (χ0) is 21.2. The first kappa shape index (κ1) is 21.7. The van der Waals surface area contributed by atoms with Crippen molar-refractivity contribution in [2.45, 2.75) is 50.3 Å². The van der Waals surface area contributed by atoms with Crippen LogP contribution in [0, 0.1) is 5.82 Å². The van der Waals surface area contributed by atoms with Crippen molar-refractivity contribution in [3.8, 4) is 5.75 Å². The lowest BCUT2D eigenvalue weighted by Gasteiger charge is -2.47. The van der Waals surface area contributed by atoms with E-state index in [1.165, 1.54) is 12.1 Å². The molecule has 3 rings (SSSR count). The van der Waals surface area contributed by atoms with Crippen molar-refractivity contribution < 1.29 is 34.3 Å². The molecular weight excluding hydrogens is 379 g/mol. The second-order valence-electron chi connectivity index (χ2n) is 7.43. The van der Waals surface area contributed by atoms with Crippen LogP contribution in [0.2, 0.25) is 0 Å². The molecule has 0 radical (unpaired) electrons. The Labute approximate surface area is 169 Å². The lowest BCUT2D eigenvalue weighted by molar-refractivity contribution is -0.273. The number of halogens is 1. The Morgan fingerprint density at radius 3 is 2.38 bits per heavy atom. The summed E-state index contributed by atoms with van der Waals surface area (Å²) in [6.07, 6.45) is -5.15. The van der Waals surface area contributed by atoms with Crippen molar-refractivity contribution in [1.29, 1.82) is 0 Å². The summed E-state index contributed by atoms with van der Waals surface area (Å²) in [5.74, 6) is 0.329. The molecule has 0 aromatic heterocycles. The van der Waals surface area contributed by atoms with Crippen LogP contribution in [0.15, 0.2) is 42.5 Å². The maximum Gasteiger partial charge on any atom is 0.126 e. The minimum Gasteiger partial charge on any atom is -0.494 e. The molecule has 6 nitrogen and oxygen atoms in total. The van der Waals surface area contributed by atoms with Crippen LogP contribution in [0.1, 0.15) is 30.5 Å². The van der Waals surface area contributed by atoms with Crippen molar-refractivity contribution >= 4 is 0 Å². The van der Waals surface area contributed by atoms with E-state index in [1.807, 2.05) is 31.2 Å². The molecule has 2 aromatic carbocycles. The third-order valence-electron chi connectivity index (χ3n) is 5.44. The van der Waals surface area contributed by atoms with Crippen molar-refractivity contribution in [1.82, 2.24) is 0 Å². The summed E-state index contributed by atoms with van der Waals surface area (Å²) >= 11 is 0. The minimum absolute atomic E-state index is 0.312. The molecule has 0 bridgehead atoms. The highest BCUT2D eigenvalue weighted by atomic mass is 19.1. The van der Waals surface area contributed by atoms with Gasteiger partial charge in [-0.1, -0.05) is 18.2 Å². The zero-order valence-corrected chi connectivity index (χ0v) is 16.5. The van der Waals surface area contributed by atoms with Crippen LogP contribution in [0.5, 0.6) is 5.75 Å². The zero-order valence-electron chi connectivity index (χ0n) is 16.5. The number of aliphatic hydroxyl groups is 4. The Morgan fingerprint density at radius 1 is 1.07 bits per heavy atom. The van der Waals surface area contributed by atoms with Crippen LogP contribution in [0.25, 0.3) is 0 Å². The van der Waals surface area contributed by atoms with Crippen molar-refractivity contribution in [2.24, 2.45) is 0 Å². The van der Waals surface area contributed by atoms with E-state index in [0.717, 1.165) is 11.3 Å². The van der Waals surface area contributed by atoms with Gasteiger partial charge >= 0.3 is 0 Å². The van der Waals surface area contributed by atoms with E-state index in [4.69, 9.17) is 9.47 Å². The van der Waals surface area contributed by atoms with Gasteiger partial charge in [0.2, 0.25) is 0 Å². The predicted octanol–water partition coefficient (Wildman–Crippen LogP) is 1.50. The quantitative estimate of drug-likeness (QED) is 0.580. The molecule has 1 heterocycles. The molecule has 1 saturated heterocycles. The summed E-state index contributed by atoms with van der Waals surface area (Å²) in [5.41, 5.74) is 0.290. The summed E-state index contributed by atoms with van der Waals surface area (Å²) in [6, 6.07) is 11.7.